The van der Waals surface area contributed by atoms with Crippen molar-refractivity contribution in [3.05, 3.63) is 48.6 Å². The molecule has 0 heterocycles. The summed E-state index contributed by atoms with van der Waals surface area (Å²) in [6.45, 7) is 4.36. The first-order valence-electron chi connectivity index (χ1n) is 18.3. The molecule has 7 heteroatoms. The number of amides is 1. The van der Waals surface area contributed by atoms with Crippen LogP contribution in [-0.4, -0.2) is 41.9 Å². The molecule has 0 saturated heterocycles. The zero-order valence-electron chi connectivity index (χ0n) is 29.0. The molecule has 2 unspecified atom stereocenters. The summed E-state index contributed by atoms with van der Waals surface area (Å²) in [7, 11) is -4.30. The lowest BCUT2D eigenvalue weighted by atomic mass is 10.0. The van der Waals surface area contributed by atoms with Crippen molar-refractivity contribution in [3.63, 3.8) is 0 Å². The van der Waals surface area contributed by atoms with E-state index in [1.54, 1.807) is 0 Å². The second kappa shape index (κ2) is 32.2. The number of hydrogen-bond acceptors (Lipinski definition) is 4. The smallest absolute Gasteiger partial charge is 0.266 e. The van der Waals surface area contributed by atoms with Gasteiger partial charge in [-0.05, 0) is 51.4 Å². The Morgan fingerprint density at radius 2 is 1.07 bits per heavy atom. The molecule has 45 heavy (non-hydrogen) atoms. The van der Waals surface area contributed by atoms with Crippen LogP contribution < -0.4 is 5.32 Å². The van der Waals surface area contributed by atoms with Crippen LogP contribution in [0.5, 0.6) is 0 Å². The van der Waals surface area contributed by atoms with Crippen molar-refractivity contribution in [1.82, 2.24) is 5.32 Å². The molecule has 0 aromatic heterocycles. The Balaban J connectivity index is 3.88. The van der Waals surface area contributed by atoms with E-state index in [9.17, 15) is 22.9 Å². The maximum atomic E-state index is 12.5. The van der Waals surface area contributed by atoms with Gasteiger partial charge in [0.2, 0.25) is 5.91 Å². The molecule has 0 aromatic carbocycles. The van der Waals surface area contributed by atoms with Gasteiger partial charge in [-0.2, -0.15) is 8.42 Å². The molecule has 1 amide bonds. The summed E-state index contributed by atoms with van der Waals surface area (Å²) in [5.41, 5.74) is 0. The number of carbonyl (C=O) groups excluding carboxylic acids is 1. The fraction of sp³-hybridized carbons (Fsp3) is 0.763. The molecule has 2 atom stereocenters. The van der Waals surface area contributed by atoms with Crippen LogP contribution in [0.1, 0.15) is 168 Å². The number of rotatable bonds is 32. The molecular formula is C38H69NO5S. The highest BCUT2D eigenvalue weighted by atomic mass is 32.2. The van der Waals surface area contributed by atoms with Crippen LogP contribution in [0.25, 0.3) is 0 Å². The number of aliphatic hydroxyl groups excluding tert-OH is 1. The largest absolute Gasteiger partial charge is 0.391 e. The molecule has 0 rings (SSSR count). The fourth-order valence-corrected chi connectivity index (χ4v) is 6.09. The molecule has 0 aromatic rings. The Morgan fingerprint density at radius 3 is 1.58 bits per heavy atom. The summed E-state index contributed by atoms with van der Waals surface area (Å²) >= 11 is 0. The van der Waals surface area contributed by atoms with Gasteiger partial charge < -0.3 is 10.4 Å². The third-order valence-corrected chi connectivity index (χ3v) is 8.83. The molecule has 0 bridgehead atoms. The van der Waals surface area contributed by atoms with Crippen LogP contribution in [0, 0.1) is 0 Å². The lowest BCUT2D eigenvalue weighted by Gasteiger charge is -2.23. The van der Waals surface area contributed by atoms with Gasteiger partial charge in [0.05, 0.1) is 17.9 Å². The minimum atomic E-state index is -4.30. The fourth-order valence-electron chi connectivity index (χ4n) is 5.33. The molecule has 0 aliphatic heterocycles. The van der Waals surface area contributed by atoms with E-state index in [1.165, 1.54) is 64.2 Å². The zero-order chi connectivity index (χ0) is 33.3. The maximum absolute atomic E-state index is 12.5. The molecule has 0 spiro atoms. The lowest BCUT2D eigenvalue weighted by molar-refractivity contribution is -0.122. The number of carbonyl (C=O) groups is 1. The molecule has 0 aliphatic carbocycles. The number of nitrogens with one attached hydrogen (secondary N) is 1. The summed E-state index contributed by atoms with van der Waals surface area (Å²) in [5, 5.41) is 13.2. The van der Waals surface area contributed by atoms with E-state index in [0.29, 0.717) is 12.8 Å². The van der Waals surface area contributed by atoms with Crippen LogP contribution in [0.15, 0.2) is 48.6 Å². The van der Waals surface area contributed by atoms with Crippen LogP contribution in [0.4, 0.5) is 0 Å². The lowest BCUT2D eigenvalue weighted by Crippen LogP contribution is -2.47. The van der Waals surface area contributed by atoms with Crippen LogP contribution >= 0.6 is 0 Å². The highest BCUT2D eigenvalue weighted by Gasteiger charge is 2.26. The van der Waals surface area contributed by atoms with Crippen molar-refractivity contribution < 1.29 is 22.9 Å². The van der Waals surface area contributed by atoms with Gasteiger partial charge in [-0.15, -0.1) is 0 Å². The summed E-state index contributed by atoms with van der Waals surface area (Å²) in [5.74, 6) is -0.912. The molecule has 0 aliphatic rings. The maximum Gasteiger partial charge on any atom is 0.266 e. The number of aliphatic hydroxyl groups is 1. The number of hydrogen-bond donors (Lipinski definition) is 3. The third kappa shape index (κ3) is 33.5. The van der Waals surface area contributed by atoms with Gasteiger partial charge in [0.15, 0.2) is 0 Å². The average Bonchev–Trinajstić information content (AvgIpc) is 3.00. The Bertz CT molecular complexity index is 894. The second-order valence-electron chi connectivity index (χ2n) is 12.5. The topological polar surface area (TPSA) is 104 Å². The van der Waals surface area contributed by atoms with Gasteiger partial charge in [-0.1, -0.05) is 159 Å². The van der Waals surface area contributed by atoms with Crippen molar-refractivity contribution >= 4 is 16.0 Å². The minimum Gasteiger partial charge on any atom is -0.391 e. The quantitative estimate of drug-likeness (QED) is 0.0381. The molecule has 262 valence electrons. The molecule has 6 nitrogen and oxygen atoms in total. The van der Waals surface area contributed by atoms with Gasteiger partial charge in [0.25, 0.3) is 10.1 Å². The predicted molar refractivity (Wildman–Crippen MR) is 193 cm³/mol. The van der Waals surface area contributed by atoms with Crippen molar-refractivity contribution in [1.29, 1.82) is 0 Å². The molecule has 0 saturated carbocycles. The highest BCUT2D eigenvalue weighted by Crippen LogP contribution is 2.14. The van der Waals surface area contributed by atoms with E-state index in [1.807, 2.05) is 0 Å². The van der Waals surface area contributed by atoms with Gasteiger partial charge >= 0.3 is 0 Å². The Hall–Kier alpha value is -1.70. The molecular weight excluding hydrogens is 582 g/mol. The minimum absolute atomic E-state index is 0.259. The van der Waals surface area contributed by atoms with E-state index < -0.39 is 28.0 Å². The van der Waals surface area contributed by atoms with E-state index >= 15 is 0 Å². The SMILES string of the molecule is CC/C=C\C/C=C\C/C=C\C/C=C\CCCCCCCCCCC(=O)NC(CS(=O)(=O)O)C(O)CCCCCCCCCCC. The summed E-state index contributed by atoms with van der Waals surface area (Å²) in [6, 6.07) is -0.974. The van der Waals surface area contributed by atoms with Crippen molar-refractivity contribution in [2.24, 2.45) is 0 Å². The predicted octanol–water partition coefficient (Wildman–Crippen LogP) is 10.3. The third-order valence-electron chi connectivity index (χ3n) is 8.05. The summed E-state index contributed by atoms with van der Waals surface area (Å²) in [4.78, 5) is 12.5. The summed E-state index contributed by atoms with van der Waals surface area (Å²) < 4.78 is 32.3. The Kier molecular flexibility index (Phi) is 31.0. The van der Waals surface area contributed by atoms with Crippen molar-refractivity contribution in [2.45, 2.75) is 180 Å². The first-order chi connectivity index (χ1) is 21.8. The van der Waals surface area contributed by atoms with E-state index in [4.69, 9.17) is 0 Å². The van der Waals surface area contributed by atoms with Crippen LogP contribution in [-0.2, 0) is 14.9 Å². The Morgan fingerprint density at radius 1 is 0.622 bits per heavy atom. The standard InChI is InChI=1S/C38H69NO5S/c1-3-5-7-9-11-13-14-15-16-17-18-19-20-21-22-23-24-26-28-30-32-34-38(41)39-36(35-45(42,43)44)37(40)33-31-29-27-25-12-10-8-6-4-2/h5,7,11,13,15-16,18-19,36-37,40H,3-4,6,8-10,12,14,17,20-35H2,1-2H3,(H,39,41)(H,42,43,44)/b7-5-,13-11-,16-15-,19-18-. The van der Waals surface area contributed by atoms with E-state index in [2.05, 4.69) is 67.8 Å². The van der Waals surface area contributed by atoms with Crippen LogP contribution in [0.3, 0.4) is 0 Å². The van der Waals surface area contributed by atoms with Gasteiger partial charge in [-0.3, -0.25) is 9.35 Å². The monoisotopic (exact) mass is 651 g/mol. The Labute approximate surface area is 278 Å². The summed E-state index contributed by atoms with van der Waals surface area (Å²) in [6.07, 6.45) is 42.1. The average molecular weight is 652 g/mol. The number of allylic oxidation sites excluding steroid dienone is 8. The zero-order valence-corrected chi connectivity index (χ0v) is 29.8. The van der Waals surface area contributed by atoms with Gasteiger partial charge in [0, 0.05) is 6.42 Å². The normalized spacial score (nSPS) is 14.0. The first-order valence-corrected chi connectivity index (χ1v) is 19.9. The highest BCUT2D eigenvalue weighted by molar-refractivity contribution is 7.85. The molecule has 3 N–H and O–H groups in total. The first kappa shape index (κ1) is 43.3. The van der Waals surface area contributed by atoms with Crippen molar-refractivity contribution in [2.75, 3.05) is 5.75 Å². The molecule has 0 radical (unpaired) electrons. The second-order valence-corrected chi connectivity index (χ2v) is 14.0. The van der Waals surface area contributed by atoms with E-state index in [0.717, 1.165) is 77.0 Å². The van der Waals surface area contributed by atoms with Gasteiger partial charge in [0.1, 0.15) is 0 Å². The van der Waals surface area contributed by atoms with Crippen LogP contribution in [0.2, 0.25) is 0 Å². The van der Waals surface area contributed by atoms with E-state index in [-0.39, 0.29) is 5.91 Å². The number of unbranched alkanes of at least 4 members (excludes halogenated alkanes) is 16. The molecule has 0 fully saturated rings. The van der Waals surface area contributed by atoms with Gasteiger partial charge in [-0.25, -0.2) is 0 Å². The van der Waals surface area contributed by atoms with Crippen molar-refractivity contribution in [3.8, 4) is 0 Å².